The van der Waals surface area contributed by atoms with Crippen molar-refractivity contribution in [3.8, 4) is 6.07 Å². The van der Waals surface area contributed by atoms with Crippen LogP contribution in [-0.2, 0) is 0 Å². The van der Waals surface area contributed by atoms with Gasteiger partial charge in [-0.3, -0.25) is 4.79 Å². The van der Waals surface area contributed by atoms with Crippen molar-refractivity contribution in [3.05, 3.63) is 17.8 Å². The van der Waals surface area contributed by atoms with Crippen LogP contribution in [0.3, 0.4) is 0 Å². The Kier molecular flexibility index (Phi) is 5.73. The molecule has 0 spiro atoms. The van der Waals surface area contributed by atoms with E-state index in [0.717, 1.165) is 6.54 Å². The van der Waals surface area contributed by atoms with E-state index in [1.165, 1.54) is 0 Å². The molecule has 0 saturated heterocycles. The summed E-state index contributed by atoms with van der Waals surface area (Å²) >= 11 is 0. The molecular formula is C13H19N5O. The second kappa shape index (κ2) is 7.31. The van der Waals surface area contributed by atoms with Gasteiger partial charge in [-0.2, -0.15) is 5.26 Å². The maximum atomic E-state index is 12.2. The molecule has 102 valence electrons. The van der Waals surface area contributed by atoms with Crippen molar-refractivity contribution in [3.63, 3.8) is 0 Å². The highest BCUT2D eigenvalue weighted by molar-refractivity contribution is 5.92. The van der Waals surface area contributed by atoms with Gasteiger partial charge in [0, 0.05) is 19.6 Å². The van der Waals surface area contributed by atoms with E-state index in [0.29, 0.717) is 24.6 Å². The van der Waals surface area contributed by atoms with Gasteiger partial charge < -0.3 is 10.2 Å². The van der Waals surface area contributed by atoms with E-state index in [2.05, 4.69) is 21.6 Å². The first kappa shape index (κ1) is 14.9. The topological polar surface area (TPSA) is 81.9 Å². The normalized spacial score (nSPS) is 11.5. The molecule has 6 heteroatoms. The van der Waals surface area contributed by atoms with E-state index in [4.69, 9.17) is 5.26 Å². The number of nitrogens with zero attached hydrogens (tertiary/aromatic N) is 4. The minimum atomic E-state index is -0.196. The highest BCUT2D eigenvalue weighted by Crippen LogP contribution is 2.07. The minimum absolute atomic E-state index is 0.194. The van der Waals surface area contributed by atoms with Crippen LogP contribution in [0.5, 0.6) is 0 Å². The summed E-state index contributed by atoms with van der Waals surface area (Å²) in [5.74, 6) is 0.255. The Morgan fingerprint density at radius 3 is 2.68 bits per heavy atom. The van der Waals surface area contributed by atoms with Gasteiger partial charge in [0.1, 0.15) is 5.82 Å². The molecule has 1 atom stereocenters. The summed E-state index contributed by atoms with van der Waals surface area (Å²) in [4.78, 5) is 13.8. The summed E-state index contributed by atoms with van der Waals surface area (Å²) in [5, 5.41) is 19.7. The predicted octanol–water partition coefficient (Wildman–Crippen LogP) is 1.53. The third-order valence-corrected chi connectivity index (χ3v) is 2.63. The molecule has 0 saturated carbocycles. The number of carbonyl (C=O) groups is 1. The fourth-order valence-electron chi connectivity index (χ4n) is 1.61. The molecule has 0 aromatic carbocycles. The van der Waals surface area contributed by atoms with Crippen molar-refractivity contribution in [1.29, 1.82) is 5.26 Å². The van der Waals surface area contributed by atoms with E-state index in [-0.39, 0.29) is 11.8 Å². The van der Waals surface area contributed by atoms with Gasteiger partial charge in [-0.1, -0.05) is 0 Å². The second-order valence-electron chi connectivity index (χ2n) is 4.21. The smallest absolute Gasteiger partial charge is 0.274 e. The molecular weight excluding hydrogens is 242 g/mol. The van der Waals surface area contributed by atoms with Crippen LogP contribution in [-0.4, -0.2) is 40.6 Å². The summed E-state index contributed by atoms with van der Waals surface area (Å²) in [6.45, 7) is 7.33. The fraction of sp³-hybridized carbons (Fsp3) is 0.538. The van der Waals surface area contributed by atoms with Crippen LogP contribution >= 0.6 is 0 Å². The van der Waals surface area contributed by atoms with Crippen LogP contribution in [0.25, 0.3) is 0 Å². The second-order valence-corrected chi connectivity index (χ2v) is 4.21. The van der Waals surface area contributed by atoms with Crippen LogP contribution in [0, 0.1) is 17.2 Å². The first-order chi connectivity index (χ1) is 9.12. The maximum Gasteiger partial charge on any atom is 0.274 e. The summed E-state index contributed by atoms with van der Waals surface area (Å²) in [7, 11) is 0. The molecule has 1 aromatic heterocycles. The van der Waals surface area contributed by atoms with Crippen LogP contribution in [0.15, 0.2) is 12.1 Å². The summed E-state index contributed by atoms with van der Waals surface area (Å²) in [5.41, 5.74) is 0.300. The number of aromatic nitrogens is 2. The summed E-state index contributed by atoms with van der Waals surface area (Å²) < 4.78 is 0. The molecule has 0 aliphatic carbocycles. The molecule has 0 aliphatic rings. The van der Waals surface area contributed by atoms with Crippen LogP contribution < -0.4 is 5.32 Å². The van der Waals surface area contributed by atoms with Crippen LogP contribution in [0.2, 0.25) is 0 Å². The van der Waals surface area contributed by atoms with E-state index in [1.807, 2.05) is 13.8 Å². The molecule has 0 fully saturated rings. The first-order valence-corrected chi connectivity index (χ1v) is 6.38. The molecule has 1 aromatic rings. The summed E-state index contributed by atoms with van der Waals surface area (Å²) in [6, 6.07) is 5.50. The number of carbonyl (C=O) groups excluding carboxylic acids is 1. The molecule has 0 bridgehead atoms. The average Bonchev–Trinajstić information content (AvgIpc) is 2.45. The van der Waals surface area contributed by atoms with E-state index < -0.39 is 0 Å². The third kappa shape index (κ3) is 4.21. The van der Waals surface area contributed by atoms with Crippen molar-refractivity contribution in [2.24, 2.45) is 5.92 Å². The van der Waals surface area contributed by atoms with Gasteiger partial charge in [0.25, 0.3) is 5.91 Å². The van der Waals surface area contributed by atoms with Crippen LogP contribution in [0.4, 0.5) is 5.82 Å². The predicted molar refractivity (Wildman–Crippen MR) is 72.6 cm³/mol. The van der Waals surface area contributed by atoms with Gasteiger partial charge in [0.05, 0.1) is 12.0 Å². The number of hydrogen-bond donors (Lipinski definition) is 1. The standard InChI is InChI=1S/C13H19N5O/c1-4-15-12-7-6-11(16-17-12)13(19)18(5-2)9-10(3)8-14/h6-7,10H,4-5,9H2,1-3H3,(H,15,17). The van der Waals surface area contributed by atoms with Gasteiger partial charge in [-0.15, -0.1) is 10.2 Å². The number of amides is 1. The van der Waals surface area contributed by atoms with Gasteiger partial charge in [0.15, 0.2) is 5.69 Å². The Labute approximate surface area is 113 Å². The van der Waals surface area contributed by atoms with Gasteiger partial charge >= 0.3 is 0 Å². The average molecular weight is 261 g/mol. The van der Waals surface area contributed by atoms with Crippen molar-refractivity contribution in [2.45, 2.75) is 20.8 Å². The first-order valence-electron chi connectivity index (χ1n) is 6.38. The fourth-order valence-corrected chi connectivity index (χ4v) is 1.61. The Morgan fingerprint density at radius 1 is 1.47 bits per heavy atom. The van der Waals surface area contributed by atoms with E-state index in [1.54, 1.807) is 24.0 Å². The zero-order valence-corrected chi connectivity index (χ0v) is 11.6. The van der Waals surface area contributed by atoms with Crippen LogP contribution in [0.1, 0.15) is 31.3 Å². The quantitative estimate of drug-likeness (QED) is 0.839. The highest BCUT2D eigenvalue weighted by atomic mass is 16.2. The largest absolute Gasteiger partial charge is 0.369 e. The van der Waals surface area contributed by atoms with Crippen molar-refractivity contribution in [2.75, 3.05) is 25.0 Å². The number of nitriles is 1. The number of nitrogens with one attached hydrogen (secondary N) is 1. The lowest BCUT2D eigenvalue weighted by Gasteiger charge is -2.21. The molecule has 1 N–H and O–H groups in total. The monoisotopic (exact) mass is 261 g/mol. The van der Waals surface area contributed by atoms with E-state index in [9.17, 15) is 4.79 Å². The Bertz CT molecular complexity index is 451. The number of anilines is 1. The lowest BCUT2D eigenvalue weighted by atomic mass is 10.2. The highest BCUT2D eigenvalue weighted by Gasteiger charge is 2.18. The van der Waals surface area contributed by atoms with E-state index >= 15 is 0 Å². The Balaban J connectivity index is 2.77. The Morgan fingerprint density at radius 2 is 2.21 bits per heavy atom. The number of hydrogen-bond acceptors (Lipinski definition) is 5. The molecule has 1 unspecified atom stereocenters. The molecule has 1 rings (SSSR count). The molecule has 0 aliphatic heterocycles. The van der Waals surface area contributed by atoms with Gasteiger partial charge in [-0.25, -0.2) is 0 Å². The third-order valence-electron chi connectivity index (χ3n) is 2.63. The molecule has 1 amide bonds. The zero-order chi connectivity index (χ0) is 14.3. The van der Waals surface area contributed by atoms with Crippen molar-refractivity contribution in [1.82, 2.24) is 15.1 Å². The molecule has 1 heterocycles. The molecule has 6 nitrogen and oxygen atoms in total. The lowest BCUT2D eigenvalue weighted by Crippen LogP contribution is -2.35. The Hall–Kier alpha value is -2.16. The van der Waals surface area contributed by atoms with Crippen molar-refractivity contribution < 1.29 is 4.79 Å². The SMILES string of the molecule is CCNc1ccc(C(=O)N(CC)CC(C)C#N)nn1. The van der Waals surface area contributed by atoms with Gasteiger partial charge in [0.2, 0.25) is 0 Å². The molecule has 19 heavy (non-hydrogen) atoms. The number of rotatable bonds is 6. The zero-order valence-electron chi connectivity index (χ0n) is 11.6. The maximum absolute atomic E-state index is 12.2. The van der Waals surface area contributed by atoms with Gasteiger partial charge in [-0.05, 0) is 32.9 Å². The lowest BCUT2D eigenvalue weighted by molar-refractivity contribution is 0.0745. The molecule has 0 radical (unpaired) electrons. The van der Waals surface area contributed by atoms with Crippen molar-refractivity contribution >= 4 is 11.7 Å². The minimum Gasteiger partial charge on any atom is -0.369 e. The summed E-state index contributed by atoms with van der Waals surface area (Å²) in [6.07, 6.45) is 0.